The number of para-hydroxylation sites is 1. The Morgan fingerprint density at radius 2 is 0.919 bits per heavy atom. The van der Waals surface area contributed by atoms with Crippen LogP contribution in [0.3, 0.4) is 0 Å². The summed E-state index contributed by atoms with van der Waals surface area (Å²) in [7, 11) is 0. The van der Waals surface area contributed by atoms with E-state index >= 15 is 0 Å². The molecule has 0 unspecified atom stereocenters. The van der Waals surface area contributed by atoms with Crippen molar-refractivity contribution in [1.29, 1.82) is 0 Å². The molecule has 9 aromatic carbocycles. The molecule has 0 spiro atoms. The van der Waals surface area contributed by atoms with E-state index in [0.29, 0.717) is 17.6 Å². The van der Waals surface area contributed by atoms with Crippen LogP contribution in [0, 0.1) is 0 Å². The molecule has 0 fully saturated rings. The monoisotopic (exact) mass is 791 g/mol. The number of allylic oxidation sites excluding steroid dienone is 1. The maximum absolute atomic E-state index is 5.27. The Bertz CT molecular complexity index is 3730. The van der Waals surface area contributed by atoms with Gasteiger partial charge in [0.15, 0.2) is 11.6 Å². The molecule has 62 heavy (non-hydrogen) atoms. The predicted octanol–water partition coefficient (Wildman–Crippen LogP) is 14.3. The Morgan fingerprint density at radius 1 is 0.371 bits per heavy atom. The van der Waals surface area contributed by atoms with Crippen LogP contribution in [0.1, 0.15) is 17.7 Å². The fraction of sp³-hybridized carbons (Fsp3) is 0.0351. The van der Waals surface area contributed by atoms with E-state index in [-0.39, 0.29) is 0 Å². The second kappa shape index (κ2) is 13.7. The molecule has 5 heteroatoms. The van der Waals surface area contributed by atoms with Gasteiger partial charge in [-0.3, -0.25) is 4.57 Å². The summed E-state index contributed by atoms with van der Waals surface area (Å²) >= 11 is 0. The Kier molecular flexibility index (Phi) is 7.66. The van der Waals surface area contributed by atoms with Crippen molar-refractivity contribution in [1.82, 2.24) is 24.1 Å². The number of hydrogen-bond donors (Lipinski definition) is 0. The molecule has 1 aliphatic carbocycles. The molecular weight excluding hydrogens is 755 g/mol. The number of hydrogen-bond acceptors (Lipinski definition) is 3. The molecule has 3 heterocycles. The van der Waals surface area contributed by atoms with Crippen LogP contribution < -0.4 is 0 Å². The predicted molar refractivity (Wildman–Crippen MR) is 257 cm³/mol. The van der Waals surface area contributed by atoms with Crippen molar-refractivity contribution in [2.75, 3.05) is 0 Å². The second-order valence-corrected chi connectivity index (χ2v) is 16.4. The van der Waals surface area contributed by atoms with Crippen LogP contribution in [0.5, 0.6) is 0 Å². The van der Waals surface area contributed by atoms with Crippen molar-refractivity contribution >= 4 is 71.1 Å². The molecule has 290 valence electrons. The van der Waals surface area contributed by atoms with Gasteiger partial charge in [0.2, 0.25) is 5.95 Å². The minimum Gasteiger partial charge on any atom is -0.312 e. The van der Waals surface area contributed by atoms with Gasteiger partial charge in [0.25, 0.3) is 0 Å². The molecule has 0 saturated heterocycles. The van der Waals surface area contributed by atoms with Crippen LogP contribution >= 0.6 is 0 Å². The lowest BCUT2D eigenvalue weighted by atomic mass is 9.98. The number of nitrogens with zero attached hydrogens (tertiary/aromatic N) is 5. The van der Waals surface area contributed by atoms with Gasteiger partial charge in [-0.2, -0.15) is 9.97 Å². The molecule has 0 amide bonds. The van der Waals surface area contributed by atoms with Gasteiger partial charge in [-0.25, -0.2) is 4.98 Å². The SMILES string of the molecule is C1=Cc2c(n(-c3cccc4ccccc34)c3ccc(-c4ccc5c(c4)c4ccccc4n5-c4nc(-c5ccc6ccccc6c5)nc(-c5ccc6ccccc6c5)n4)cc23)CC1. The summed E-state index contributed by atoms with van der Waals surface area (Å²) < 4.78 is 4.71. The van der Waals surface area contributed by atoms with E-state index in [4.69, 9.17) is 15.0 Å². The highest BCUT2D eigenvalue weighted by molar-refractivity contribution is 6.10. The highest BCUT2D eigenvalue weighted by atomic mass is 15.2. The number of rotatable bonds is 5. The van der Waals surface area contributed by atoms with Crippen LogP contribution in [0.2, 0.25) is 0 Å². The van der Waals surface area contributed by atoms with Gasteiger partial charge < -0.3 is 4.57 Å². The maximum Gasteiger partial charge on any atom is 0.238 e. The summed E-state index contributed by atoms with van der Waals surface area (Å²) in [6.45, 7) is 0. The van der Waals surface area contributed by atoms with Crippen molar-refractivity contribution in [2.45, 2.75) is 12.8 Å². The van der Waals surface area contributed by atoms with Gasteiger partial charge in [-0.1, -0.05) is 152 Å². The molecule has 12 aromatic rings. The lowest BCUT2D eigenvalue weighted by molar-refractivity contribution is 0.892. The fourth-order valence-electron chi connectivity index (χ4n) is 9.83. The molecule has 0 radical (unpaired) electrons. The molecule has 0 bridgehead atoms. The second-order valence-electron chi connectivity index (χ2n) is 16.4. The third kappa shape index (κ3) is 5.45. The smallest absolute Gasteiger partial charge is 0.238 e. The van der Waals surface area contributed by atoms with E-state index in [2.05, 4.69) is 209 Å². The summed E-state index contributed by atoms with van der Waals surface area (Å²) in [4.78, 5) is 15.7. The van der Waals surface area contributed by atoms with E-state index in [9.17, 15) is 0 Å². The first-order chi connectivity index (χ1) is 30.7. The van der Waals surface area contributed by atoms with E-state index in [1.54, 1.807) is 0 Å². The van der Waals surface area contributed by atoms with E-state index < -0.39 is 0 Å². The normalized spacial score (nSPS) is 12.6. The van der Waals surface area contributed by atoms with Gasteiger partial charge in [0.05, 0.1) is 22.2 Å². The minimum absolute atomic E-state index is 0.583. The topological polar surface area (TPSA) is 48.5 Å². The van der Waals surface area contributed by atoms with Crippen LogP contribution in [0.25, 0.3) is 117 Å². The van der Waals surface area contributed by atoms with Gasteiger partial charge in [-0.15, -0.1) is 0 Å². The summed E-state index contributed by atoms with van der Waals surface area (Å²) in [5.41, 5.74) is 11.5. The standard InChI is InChI=1S/C57H37N5/c1-3-15-39-32-43(26-24-36(39)12-1)55-58-56(44-27-25-37-13-2-4-16-40(37)33-44)60-57(59-55)62-52-22-10-8-20-47(52)49-35-42(29-31-54(49)62)41-28-30-53-48(34-41)46-19-7-9-21-51(46)61(53)50-23-11-17-38-14-5-6-18-45(38)50/h1-8,10-20,22-35H,9,21H2. The Morgan fingerprint density at radius 3 is 1.63 bits per heavy atom. The Hall–Kier alpha value is -8.15. The van der Waals surface area contributed by atoms with Crippen LogP contribution in [-0.4, -0.2) is 24.1 Å². The van der Waals surface area contributed by atoms with E-state index in [0.717, 1.165) is 62.1 Å². The molecule has 1 aliphatic rings. The first kappa shape index (κ1) is 34.7. The van der Waals surface area contributed by atoms with Gasteiger partial charge in [0.1, 0.15) is 0 Å². The number of fused-ring (bicyclic) bond motifs is 9. The summed E-state index contributed by atoms with van der Waals surface area (Å²) in [6.07, 6.45) is 6.69. The number of aromatic nitrogens is 5. The van der Waals surface area contributed by atoms with Crippen LogP contribution in [0.15, 0.2) is 194 Å². The maximum atomic E-state index is 5.27. The van der Waals surface area contributed by atoms with E-state index in [1.807, 2.05) is 0 Å². The zero-order valence-corrected chi connectivity index (χ0v) is 33.7. The highest BCUT2D eigenvalue weighted by Crippen LogP contribution is 2.40. The first-order valence-corrected chi connectivity index (χ1v) is 21.3. The molecule has 0 saturated carbocycles. The minimum atomic E-state index is 0.583. The lowest BCUT2D eigenvalue weighted by Gasteiger charge is -2.15. The highest BCUT2D eigenvalue weighted by Gasteiger charge is 2.22. The lowest BCUT2D eigenvalue weighted by Crippen LogP contribution is -2.06. The van der Waals surface area contributed by atoms with Crippen LogP contribution in [-0.2, 0) is 6.42 Å². The third-order valence-electron chi connectivity index (χ3n) is 12.8. The quantitative estimate of drug-likeness (QED) is 0.174. The first-order valence-electron chi connectivity index (χ1n) is 21.3. The van der Waals surface area contributed by atoms with Gasteiger partial charge >= 0.3 is 0 Å². The zero-order chi connectivity index (χ0) is 40.7. The molecule has 3 aromatic heterocycles. The summed E-state index contributed by atoms with van der Waals surface area (Å²) in [6, 6.07) is 67.5. The number of benzene rings is 9. The molecule has 0 atom stereocenters. The molecule has 13 rings (SSSR count). The Labute approximate surface area is 357 Å². The Balaban J connectivity index is 0.992. The summed E-state index contributed by atoms with van der Waals surface area (Å²) in [5.74, 6) is 1.85. The average molecular weight is 792 g/mol. The van der Waals surface area contributed by atoms with Gasteiger partial charge in [-0.05, 0) is 99.4 Å². The van der Waals surface area contributed by atoms with E-state index in [1.165, 1.54) is 55.0 Å². The molecule has 5 nitrogen and oxygen atoms in total. The average Bonchev–Trinajstić information content (AvgIpc) is 3.85. The fourth-order valence-corrected chi connectivity index (χ4v) is 9.83. The summed E-state index contributed by atoms with van der Waals surface area (Å²) in [5, 5.41) is 10.7. The zero-order valence-electron chi connectivity index (χ0n) is 33.7. The molecule has 0 aliphatic heterocycles. The van der Waals surface area contributed by atoms with Crippen molar-refractivity contribution in [2.24, 2.45) is 0 Å². The molecule has 0 N–H and O–H groups in total. The van der Waals surface area contributed by atoms with Crippen LogP contribution in [0.4, 0.5) is 0 Å². The third-order valence-corrected chi connectivity index (χ3v) is 12.8. The van der Waals surface area contributed by atoms with Gasteiger partial charge in [0, 0.05) is 43.9 Å². The molecular formula is C57H37N5. The van der Waals surface area contributed by atoms with Crippen molar-refractivity contribution in [3.05, 3.63) is 205 Å². The van der Waals surface area contributed by atoms with Crippen molar-refractivity contribution in [3.63, 3.8) is 0 Å². The largest absolute Gasteiger partial charge is 0.312 e. The van der Waals surface area contributed by atoms with Crippen molar-refractivity contribution in [3.8, 4) is 45.5 Å². The van der Waals surface area contributed by atoms with Crippen molar-refractivity contribution < 1.29 is 0 Å².